The zero-order chi connectivity index (χ0) is 13.1. The smallest absolute Gasteiger partial charge is 0.326 e. The maximum atomic E-state index is 12.3. The molecular weight excluding hydrogens is 231 g/mol. The van der Waals surface area contributed by atoms with Crippen molar-refractivity contribution in [2.75, 3.05) is 0 Å². The van der Waals surface area contributed by atoms with Gasteiger partial charge in [0.25, 0.3) is 0 Å². The molecule has 0 aliphatic carbocycles. The van der Waals surface area contributed by atoms with Crippen LogP contribution >= 0.6 is 0 Å². The summed E-state index contributed by atoms with van der Waals surface area (Å²) in [7, 11) is 0. The molecule has 92 valence electrons. The number of carbonyl (C=O) groups excluding carboxylic acids is 1. The lowest BCUT2D eigenvalue weighted by molar-refractivity contribution is -0.117. The van der Waals surface area contributed by atoms with E-state index in [4.69, 9.17) is 0 Å². The van der Waals surface area contributed by atoms with Crippen LogP contribution in [0.1, 0.15) is 18.1 Å². The van der Waals surface area contributed by atoms with Crippen molar-refractivity contribution in [2.45, 2.75) is 20.0 Å². The Morgan fingerprint density at radius 2 is 2.00 bits per heavy atom. The largest absolute Gasteiger partial charge is 0.411 e. The SMILES string of the molecule is CC(=O)N/C(=C/C(F)(F)F)c1cccc(C)c1. The molecule has 0 heterocycles. The minimum atomic E-state index is -4.47. The average molecular weight is 243 g/mol. The normalized spacial score (nSPS) is 12.4. The minimum absolute atomic E-state index is 0.0865. The molecule has 0 aromatic heterocycles. The van der Waals surface area contributed by atoms with E-state index >= 15 is 0 Å². The summed E-state index contributed by atoms with van der Waals surface area (Å²) in [5, 5.41) is 2.18. The van der Waals surface area contributed by atoms with Gasteiger partial charge in [-0.2, -0.15) is 13.2 Å². The highest BCUT2D eigenvalue weighted by Crippen LogP contribution is 2.23. The van der Waals surface area contributed by atoms with Crippen molar-refractivity contribution in [3.8, 4) is 0 Å². The Balaban J connectivity index is 3.15. The number of rotatable bonds is 2. The lowest BCUT2D eigenvalue weighted by atomic mass is 10.1. The summed E-state index contributed by atoms with van der Waals surface area (Å²) in [4.78, 5) is 10.9. The van der Waals surface area contributed by atoms with E-state index < -0.39 is 12.1 Å². The quantitative estimate of drug-likeness (QED) is 0.849. The van der Waals surface area contributed by atoms with Crippen molar-refractivity contribution >= 4 is 11.6 Å². The van der Waals surface area contributed by atoms with Gasteiger partial charge < -0.3 is 5.32 Å². The first-order chi connectivity index (χ1) is 7.78. The van der Waals surface area contributed by atoms with Crippen molar-refractivity contribution in [2.24, 2.45) is 0 Å². The lowest BCUT2D eigenvalue weighted by Gasteiger charge is -2.10. The molecule has 1 N–H and O–H groups in total. The second-order valence-corrected chi connectivity index (χ2v) is 3.65. The predicted molar refractivity (Wildman–Crippen MR) is 59.0 cm³/mol. The maximum Gasteiger partial charge on any atom is 0.411 e. The second kappa shape index (κ2) is 5.03. The van der Waals surface area contributed by atoms with Crippen LogP contribution in [0.5, 0.6) is 0 Å². The Morgan fingerprint density at radius 1 is 1.35 bits per heavy atom. The maximum absolute atomic E-state index is 12.3. The topological polar surface area (TPSA) is 29.1 Å². The van der Waals surface area contributed by atoms with Crippen LogP contribution in [0, 0.1) is 6.92 Å². The fraction of sp³-hybridized carbons (Fsp3) is 0.250. The van der Waals surface area contributed by atoms with Crippen LogP contribution in [0.3, 0.4) is 0 Å². The van der Waals surface area contributed by atoms with Gasteiger partial charge in [0, 0.05) is 13.0 Å². The third-order valence-corrected chi connectivity index (χ3v) is 1.95. The summed E-state index contributed by atoms with van der Waals surface area (Å²) in [6.07, 6.45) is -4.38. The highest BCUT2D eigenvalue weighted by Gasteiger charge is 2.25. The van der Waals surface area contributed by atoms with E-state index in [1.165, 1.54) is 13.0 Å². The standard InChI is InChI=1S/C12H12F3NO/c1-8-4-3-5-10(6-8)11(16-9(2)17)7-12(13,14)15/h3-7H,1-2H3,(H,16,17)/b11-7+. The van der Waals surface area contributed by atoms with Crippen molar-refractivity contribution in [3.05, 3.63) is 41.5 Å². The molecule has 2 nitrogen and oxygen atoms in total. The van der Waals surface area contributed by atoms with Crippen LogP contribution in [0.25, 0.3) is 5.70 Å². The van der Waals surface area contributed by atoms with E-state index in [2.05, 4.69) is 5.32 Å². The second-order valence-electron chi connectivity index (χ2n) is 3.65. The molecule has 0 radical (unpaired) electrons. The minimum Gasteiger partial charge on any atom is -0.326 e. The molecule has 0 aliphatic heterocycles. The van der Waals surface area contributed by atoms with Gasteiger partial charge in [0.2, 0.25) is 5.91 Å². The summed E-state index contributed by atoms with van der Waals surface area (Å²) in [5.74, 6) is -0.540. The zero-order valence-corrected chi connectivity index (χ0v) is 9.43. The molecule has 1 amide bonds. The Bertz CT molecular complexity index is 449. The van der Waals surface area contributed by atoms with Gasteiger partial charge >= 0.3 is 6.18 Å². The molecule has 17 heavy (non-hydrogen) atoms. The summed E-state index contributed by atoms with van der Waals surface area (Å²) >= 11 is 0. The summed E-state index contributed by atoms with van der Waals surface area (Å²) in [6, 6.07) is 6.49. The summed E-state index contributed by atoms with van der Waals surface area (Å²) in [5.41, 5.74) is 0.909. The Kier molecular flexibility index (Phi) is 3.93. The van der Waals surface area contributed by atoms with Crippen LogP contribution < -0.4 is 5.32 Å². The number of alkyl halides is 3. The molecule has 1 aromatic carbocycles. The molecule has 0 fully saturated rings. The first-order valence-electron chi connectivity index (χ1n) is 4.92. The number of benzene rings is 1. The summed E-state index contributed by atoms with van der Waals surface area (Å²) < 4.78 is 36.9. The van der Waals surface area contributed by atoms with Crippen molar-refractivity contribution < 1.29 is 18.0 Å². The number of hydrogen-bond donors (Lipinski definition) is 1. The molecule has 0 bridgehead atoms. The van der Waals surface area contributed by atoms with Gasteiger partial charge in [-0.3, -0.25) is 4.79 Å². The number of allylic oxidation sites excluding steroid dienone is 1. The first-order valence-corrected chi connectivity index (χ1v) is 4.92. The fourth-order valence-electron chi connectivity index (χ4n) is 1.36. The molecule has 1 aromatic rings. The monoisotopic (exact) mass is 243 g/mol. The van der Waals surface area contributed by atoms with Crippen molar-refractivity contribution in [3.63, 3.8) is 0 Å². The molecule has 0 unspecified atom stereocenters. The fourth-order valence-corrected chi connectivity index (χ4v) is 1.36. The molecule has 0 aliphatic rings. The van der Waals surface area contributed by atoms with E-state index in [0.29, 0.717) is 5.56 Å². The zero-order valence-electron chi connectivity index (χ0n) is 9.43. The third-order valence-electron chi connectivity index (χ3n) is 1.95. The number of halogens is 3. The van der Waals surface area contributed by atoms with E-state index in [-0.39, 0.29) is 11.8 Å². The van der Waals surface area contributed by atoms with Gasteiger partial charge in [-0.15, -0.1) is 0 Å². The van der Waals surface area contributed by atoms with Gasteiger partial charge in [0.15, 0.2) is 0 Å². The van der Waals surface area contributed by atoms with E-state index in [1.54, 1.807) is 25.1 Å². The van der Waals surface area contributed by atoms with Gasteiger partial charge in [0.05, 0.1) is 5.70 Å². The van der Waals surface area contributed by atoms with Crippen molar-refractivity contribution in [1.29, 1.82) is 0 Å². The van der Waals surface area contributed by atoms with Crippen molar-refractivity contribution in [1.82, 2.24) is 5.32 Å². The Hall–Kier alpha value is -1.78. The van der Waals surface area contributed by atoms with Crippen LogP contribution in [-0.2, 0) is 4.79 Å². The van der Waals surface area contributed by atoms with Crippen LogP contribution in [0.15, 0.2) is 30.3 Å². The molecule has 0 spiro atoms. The Morgan fingerprint density at radius 3 is 2.47 bits per heavy atom. The highest BCUT2D eigenvalue weighted by atomic mass is 19.4. The van der Waals surface area contributed by atoms with Gasteiger partial charge in [0.1, 0.15) is 0 Å². The molecule has 5 heteroatoms. The van der Waals surface area contributed by atoms with Gasteiger partial charge in [-0.25, -0.2) is 0 Å². The molecule has 0 saturated heterocycles. The van der Waals surface area contributed by atoms with Crippen LogP contribution in [0.4, 0.5) is 13.2 Å². The van der Waals surface area contributed by atoms with Crippen LogP contribution in [-0.4, -0.2) is 12.1 Å². The number of hydrogen-bond acceptors (Lipinski definition) is 1. The van der Waals surface area contributed by atoms with E-state index in [9.17, 15) is 18.0 Å². The third kappa shape index (κ3) is 4.72. The predicted octanol–water partition coefficient (Wildman–Crippen LogP) is 3.03. The van der Waals surface area contributed by atoms with Gasteiger partial charge in [-0.05, 0) is 18.6 Å². The molecular formula is C12H12F3NO. The number of aryl methyl sites for hydroxylation is 1. The van der Waals surface area contributed by atoms with E-state index in [0.717, 1.165) is 5.56 Å². The number of carbonyl (C=O) groups is 1. The Labute approximate surface area is 97.1 Å². The van der Waals surface area contributed by atoms with E-state index in [1.807, 2.05) is 0 Å². The lowest BCUT2D eigenvalue weighted by Crippen LogP contribution is -2.20. The number of nitrogens with one attached hydrogen (secondary N) is 1. The average Bonchev–Trinajstić information content (AvgIpc) is 2.13. The molecule has 0 saturated carbocycles. The first kappa shape index (κ1) is 13.3. The van der Waals surface area contributed by atoms with Crippen LogP contribution in [0.2, 0.25) is 0 Å². The van der Waals surface area contributed by atoms with Gasteiger partial charge in [-0.1, -0.05) is 23.8 Å². The number of amides is 1. The molecule has 0 atom stereocenters. The highest BCUT2D eigenvalue weighted by molar-refractivity contribution is 5.85. The summed E-state index contributed by atoms with van der Waals surface area (Å²) in [6.45, 7) is 2.93. The molecule has 1 rings (SSSR count).